The van der Waals surface area contributed by atoms with E-state index in [2.05, 4.69) is 21.3 Å². The highest BCUT2D eigenvalue weighted by atomic mass is 16.5. The molecule has 3 aliphatic heterocycles. The van der Waals surface area contributed by atoms with Crippen LogP contribution in [-0.2, 0) is 38.2 Å². The first-order chi connectivity index (χ1) is 30.2. The molecule has 3 aromatic carbocycles. The molecule has 18 nitrogen and oxygen atoms in total. The van der Waals surface area contributed by atoms with E-state index in [0.29, 0.717) is 25.3 Å². The van der Waals surface area contributed by atoms with Crippen LogP contribution in [0.25, 0.3) is 0 Å². The zero-order chi connectivity index (χ0) is 47.7. The van der Waals surface area contributed by atoms with Crippen molar-refractivity contribution in [2.75, 3.05) is 119 Å². The minimum Gasteiger partial charge on any atom is -0.480 e. The predicted molar refractivity (Wildman–Crippen MR) is 257 cm³/mol. The molecular formula is C47H69N9O9. The van der Waals surface area contributed by atoms with Crippen LogP contribution in [0.1, 0.15) is 40.8 Å². The minimum atomic E-state index is -1.02. The lowest BCUT2D eigenvalue weighted by atomic mass is 10.1. The second kappa shape index (κ2) is 23.1. The fourth-order valence-electron chi connectivity index (χ4n) is 8.36. The smallest absolute Gasteiger partial charge is 0.325 e. The van der Waals surface area contributed by atoms with E-state index in [1.165, 1.54) is 28.9 Å². The topological polar surface area (TPSA) is 205 Å². The average Bonchev–Trinajstić information content (AvgIpc) is 3.48. The fourth-order valence-corrected chi connectivity index (χ4v) is 8.36. The Morgan fingerprint density at radius 1 is 0.600 bits per heavy atom. The lowest BCUT2D eigenvalue weighted by molar-refractivity contribution is -0.140. The number of nitrogens with one attached hydrogen (secondary N) is 4. The molecule has 0 fully saturated rings. The van der Waals surface area contributed by atoms with Gasteiger partial charge < -0.3 is 45.6 Å². The van der Waals surface area contributed by atoms with Crippen LogP contribution in [-0.4, -0.2) is 148 Å². The van der Waals surface area contributed by atoms with Gasteiger partial charge in [0, 0.05) is 33.7 Å². The summed E-state index contributed by atoms with van der Waals surface area (Å²) in [6, 6.07) is 10.8. The summed E-state index contributed by atoms with van der Waals surface area (Å²) in [6.45, 7) is 12.8. The van der Waals surface area contributed by atoms with E-state index in [-0.39, 0.29) is 56.9 Å². The van der Waals surface area contributed by atoms with Gasteiger partial charge >= 0.3 is 17.9 Å². The maximum absolute atomic E-state index is 12.8. The zero-order valence-electron chi connectivity index (χ0n) is 39.4. The Morgan fingerprint density at radius 2 is 0.954 bits per heavy atom. The molecule has 3 amide bonds. The highest BCUT2D eigenvalue weighted by Crippen LogP contribution is 2.38. The first-order valence-electron chi connectivity index (χ1n) is 21.0. The van der Waals surface area contributed by atoms with Gasteiger partial charge in [0.25, 0.3) is 0 Å². The van der Waals surface area contributed by atoms with Crippen molar-refractivity contribution in [2.45, 2.75) is 67.1 Å². The summed E-state index contributed by atoms with van der Waals surface area (Å²) in [4.78, 5) is 81.1. The Balaban J connectivity index is 0.000000257. The maximum Gasteiger partial charge on any atom is 0.325 e. The molecule has 0 unspecified atom stereocenters. The standard InChI is InChI=1S/C16H23N3O3.2C15H21N3O3.CH4/c1-10-6-11(2)15-13(7-10)18(4)8-12(17-3)16(21)19(15)9-14(20)22-5;1-9-5-10(2)14-12(6-9)17(4)7-11(16-3)15(21)18(14)8-13(19)20;1-9-5-10(2)14-11(6-9)17-7-12(16-3)15(20)18(14)8-13(19)21-4;/h6-7,12,17H,8-9H2,1-5H3;5-6,11,16H,7-8H2,1-4H3,(H,19,20);5-6,12,16-17H,7-8H2,1-4H3;1H4/t12-;11-;12-;/m000./s1. The molecule has 0 spiro atoms. The summed E-state index contributed by atoms with van der Waals surface area (Å²) in [5.74, 6) is -2.36. The molecule has 5 N–H and O–H groups in total. The first-order valence-corrected chi connectivity index (χ1v) is 21.0. The lowest BCUT2D eigenvalue weighted by Crippen LogP contribution is -2.49. The maximum atomic E-state index is 12.8. The number of aryl methyl sites for hydroxylation is 6. The number of anilines is 6. The molecule has 0 aromatic heterocycles. The third-order valence-corrected chi connectivity index (χ3v) is 11.4. The van der Waals surface area contributed by atoms with Gasteiger partial charge in [-0.3, -0.25) is 43.5 Å². The minimum absolute atomic E-state index is 0. The van der Waals surface area contributed by atoms with Gasteiger partial charge in [-0.2, -0.15) is 0 Å². The van der Waals surface area contributed by atoms with Crippen molar-refractivity contribution in [3.05, 3.63) is 69.8 Å². The van der Waals surface area contributed by atoms with Gasteiger partial charge in [0.2, 0.25) is 17.7 Å². The SMILES string of the molecule is C.CN[C@H]1CN(C)c2cc(C)cc(C)c2N(CC(=O)O)C1=O.CN[C@H]1CN(C)c2cc(C)cc(C)c2N(CC(=O)OC)C1=O.CN[C@H]1CNc2cc(C)cc(C)c2N(CC(=O)OC)C1=O. The molecule has 0 bridgehead atoms. The molecule has 3 aromatic rings. The average molecular weight is 904 g/mol. The Labute approximate surface area is 383 Å². The van der Waals surface area contributed by atoms with Crippen molar-refractivity contribution in [1.29, 1.82) is 0 Å². The summed E-state index contributed by atoms with van der Waals surface area (Å²) in [7, 11) is 11.7. The van der Waals surface area contributed by atoms with Gasteiger partial charge in [-0.1, -0.05) is 25.6 Å². The highest BCUT2D eigenvalue weighted by Gasteiger charge is 2.36. The van der Waals surface area contributed by atoms with Crippen LogP contribution >= 0.6 is 0 Å². The van der Waals surface area contributed by atoms with E-state index in [0.717, 1.165) is 61.8 Å². The summed E-state index contributed by atoms with van der Waals surface area (Å²) in [5.41, 5.74) is 11.1. The summed E-state index contributed by atoms with van der Waals surface area (Å²) in [6.07, 6.45) is 0. The number of carbonyl (C=O) groups is 6. The van der Waals surface area contributed by atoms with E-state index in [9.17, 15) is 28.8 Å². The first kappa shape index (κ1) is 53.1. The lowest BCUT2D eigenvalue weighted by Gasteiger charge is -2.26. The molecule has 0 aliphatic carbocycles. The number of esters is 2. The Hall–Kier alpha value is -6.24. The molecule has 3 atom stereocenters. The Kier molecular flexibility index (Phi) is 18.9. The van der Waals surface area contributed by atoms with Gasteiger partial charge in [-0.05, 0) is 114 Å². The molecule has 356 valence electrons. The van der Waals surface area contributed by atoms with Gasteiger partial charge in [0.05, 0.1) is 48.3 Å². The van der Waals surface area contributed by atoms with Crippen molar-refractivity contribution in [1.82, 2.24) is 16.0 Å². The number of amides is 3. The number of nitrogens with zero attached hydrogens (tertiary/aromatic N) is 5. The highest BCUT2D eigenvalue weighted by molar-refractivity contribution is 6.07. The second-order valence-corrected chi connectivity index (χ2v) is 16.4. The van der Waals surface area contributed by atoms with E-state index >= 15 is 0 Å². The number of hydrogen-bond donors (Lipinski definition) is 5. The van der Waals surface area contributed by atoms with Crippen molar-refractivity contribution in [3.8, 4) is 0 Å². The van der Waals surface area contributed by atoms with Crippen molar-refractivity contribution in [3.63, 3.8) is 0 Å². The fraction of sp³-hybridized carbons (Fsp3) is 0.489. The number of carboxylic acids is 1. The number of hydrogen-bond acceptors (Lipinski definition) is 14. The molecule has 18 heteroatoms. The summed E-state index contributed by atoms with van der Waals surface area (Å²) >= 11 is 0. The number of rotatable bonds is 9. The van der Waals surface area contributed by atoms with Crippen molar-refractivity contribution in [2.24, 2.45) is 0 Å². The van der Waals surface area contributed by atoms with E-state index < -0.39 is 23.9 Å². The number of methoxy groups -OCH3 is 2. The number of ether oxygens (including phenoxy) is 2. The second-order valence-electron chi connectivity index (χ2n) is 16.4. The molecule has 65 heavy (non-hydrogen) atoms. The Bertz CT molecular complexity index is 2250. The predicted octanol–water partition coefficient (Wildman–Crippen LogP) is 3.07. The third-order valence-electron chi connectivity index (χ3n) is 11.4. The quantitative estimate of drug-likeness (QED) is 0.196. The summed E-state index contributed by atoms with van der Waals surface area (Å²) < 4.78 is 9.47. The number of carbonyl (C=O) groups excluding carboxylic acids is 5. The number of likely N-dealkylation sites (N-methyl/N-ethyl adjacent to an activating group) is 5. The van der Waals surface area contributed by atoms with E-state index in [1.54, 1.807) is 21.1 Å². The van der Waals surface area contributed by atoms with Crippen LogP contribution < -0.4 is 45.8 Å². The molecule has 6 rings (SSSR count). The number of carboxylic acid groups (broad SMARTS) is 1. The van der Waals surface area contributed by atoms with Crippen LogP contribution in [0.15, 0.2) is 36.4 Å². The van der Waals surface area contributed by atoms with Gasteiger partial charge in [-0.25, -0.2) is 0 Å². The van der Waals surface area contributed by atoms with Crippen molar-refractivity contribution < 1.29 is 43.3 Å². The number of benzene rings is 3. The molecule has 3 aliphatic rings. The van der Waals surface area contributed by atoms with E-state index in [1.807, 2.05) is 102 Å². The van der Waals surface area contributed by atoms with Gasteiger partial charge in [-0.15, -0.1) is 0 Å². The van der Waals surface area contributed by atoms with Crippen LogP contribution in [0.5, 0.6) is 0 Å². The third kappa shape index (κ3) is 12.3. The molecular weight excluding hydrogens is 835 g/mol. The summed E-state index contributed by atoms with van der Waals surface area (Å²) in [5, 5.41) is 21.4. The van der Waals surface area contributed by atoms with Crippen LogP contribution in [0.4, 0.5) is 34.1 Å². The van der Waals surface area contributed by atoms with Crippen LogP contribution in [0.2, 0.25) is 0 Å². The normalized spacial score (nSPS) is 17.8. The molecule has 0 saturated carbocycles. The molecule has 3 heterocycles. The van der Waals surface area contributed by atoms with Crippen molar-refractivity contribution >= 4 is 69.8 Å². The van der Waals surface area contributed by atoms with E-state index in [4.69, 9.17) is 14.6 Å². The molecule has 0 saturated heterocycles. The van der Waals surface area contributed by atoms with Gasteiger partial charge in [0.15, 0.2) is 0 Å². The van der Waals surface area contributed by atoms with Crippen LogP contribution in [0.3, 0.4) is 0 Å². The number of fused-ring (bicyclic) bond motifs is 3. The zero-order valence-corrected chi connectivity index (χ0v) is 39.4. The molecule has 0 radical (unpaired) electrons. The Morgan fingerprint density at radius 3 is 1.34 bits per heavy atom. The largest absolute Gasteiger partial charge is 0.480 e. The monoisotopic (exact) mass is 904 g/mol. The van der Waals surface area contributed by atoms with Gasteiger partial charge in [0.1, 0.15) is 37.8 Å². The van der Waals surface area contributed by atoms with Crippen LogP contribution in [0, 0.1) is 41.5 Å². The number of aliphatic carboxylic acids is 1.